The summed E-state index contributed by atoms with van der Waals surface area (Å²) in [7, 11) is 1.60. The highest BCUT2D eigenvalue weighted by molar-refractivity contribution is 5.86. The number of carbonyl (C=O) groups excluding carboxylic acids is 1. The molecule has 0 aliphatic carbocycles. The van der Waals surface area contributed by atoms with Gasteiger partial charge in [0, 0.05) is 19.5 Å². The Kier molecular flexibility index (Phi) is 6.19. The molecule has 1 fully saturated rings. The molecule has 28 heavy (non-hydrogen) atoms. The minimum atomic E-state index is -0.917. The van der Waals surface area contributed by atoms with Gasteiger partial charge in [-0.25, -0.2) is 0 Å². The molecule has 1 heterocycles. The third-order valence-electron chi connectivity index (χ3n) is 5.00. The van der Waals surface area contributed by atoms with Crippen LogP contribution in [0.15, 0.2) is 42.5 Å². The average molecular weight is 383 g/mol. The molecule has 0 bridgehead atoms. The van der Waals surface area contributed by atoms with E-state index in [2.05, 4.69) is 0 Å². The van der Waals surface area contributed by atoms with E-state index in [4.69, 9.17) is 14.6 Å². The molecule has 1 unspecified atom stereocenters. The average Bonchev–Trinajstić information content (AvgIpc) is 3.07. The summed E-state index contributed by atoms with van der Waals surface area (Å²) in [5.74, 6) is -0.348. The van der Waals surface area contributed by atoms with Crippen molar-refractivity contribution in [3.63, 3.8) is 0 Å². The van der Waals surface area contributed by atoms with E-state index in [0.717, 1.165) is 11.1 Å². The molecule has 0 spiro atoms. The molecular formula is C22H25NO5. The predicted molar refractivity (Wildman–Crippen MR) is 105 cm³/mol. The maximum atomic E-state index is 12.1. The molecule has 6 nitrogen and oxygen atoms in total. The van der Waals surface area contributed by atoms with Gasteiger partial charge in [0.15, 0.2) is 11.5 Å². The summed E-state index contributed by atoms with van der Waals surface area (Å²) >= 11 is 0. The predicted octanol–water partition coefficient (Wildman–Crippen LogP) is 3.06. The third kappa shape index (κ3) is 4.63. The van der Waals surface area contributed by atoms with Crippen molar-refractivity contribution >= 4 is 11.9 Å². The Hall–Kier alpha value is -3.02. The zero-order valence-corrected chi connectivity index (χ0v) is 16.2. The van der Waals surface area contributed by atoms with Gasteiger partial charge in [0.2, 0.25) is 5.91 Å². The van der Waals surface area contributed by atoms with Crippen LogP contribution in [-0.2, 0) is 22.6 Å². The number of para-hydroxylation sites is 1. The highest BCUT2D eigenvalue weighted by Crippen LogP contribution is 2.32. The van der Waals surface area contributed by atoms with Gasteiger partial charge in [-0.1, -0.05) is 42.0 Å². The number of benzene rings is 2. The molecule has 1 aliphatic heterocycles. The molecule has 0 aromatic heterocycles. The van der Waals surface area contributed by atoms with E-state index < -0.39 is 11.9 Å². The first-order valence-electron chi connectivity index (χ1n) is 9.32. The normalized spacial score (nSPS) is 16.3. The number of aliphatic carboxylic acids is 1. The Morgan fingerprint density at radius 3 is 2.61 bits per heavy atom. The molecule has 0 radical (unpaired) electrons. The number of carbonyl (C=O) groups is 2. The molecule has 1 atom stereocenters. The summed E-state index contributed by atoms with van der Waals surface area (Å²) < 4.78 is 11.5. The van der Waals surface area contributed by atoms with Crippen molar-refractivity contribution < 1.29 is 24.2 Å². The van der Waals surface area contributed by atoms with Gasteiger partial charge in [0.25, 0.3) is 0 Å². The summed E-state index contributed by atoms with van der Waals surface area (Å²) in [6, 6.07) is 13.8. The maximum absolute atomic E-state index is 12.1. The van der Waals surface area contributed by atoms with Crippen molar-refractivity contribution in [2.24, 2.45) is 5.92 Å². The highest BCUT2D eigenvalue weighted by Gasteiger charge is 2.33. The molecular weight excluding hydrogens is 358 g/mol. The van der Waals surface area contributed by atoms with E-state index in [9.17, 15) is 9.59 Å². The molecule has 2 aromatic carbocycles. The number of methoxy groups -OCH3 is 1. The van der Waals surface area contributed by atoms with E-state index in [0.29, 0.717) is 31.1 Å². The van der Waals surface area contributed by atoms with E-state index in [1.807, 2.05) is 49.4 Å². The van der Waals surface area contributed by atoms with Crippen molar-refractivity contribution in [3.8, 4) is 11.5 Å². The summed E-state index contributed by atoms with van der Waals surface area (Å²) in [5, 5.41) is 9.13. The molecule has 1 amide bonds. The molecule has 0 saturated carbocycles. The number of carboxylic acids is 1. The fraction of sp³-hybridized carbons (Fsp3) is 0.364. The largest absolute Gasteiger partial charge is 0.493 e. The summed E-state index contributed by atoms with van der Waals surface area (Å²) in [6.45, 7) is 3.17. The summed E-state index contributed by atoms with van der Waals surface area (Å²) in [6.07, 6.45) is 0.642. The monoisotopic (exact) mass is 383 g/mol. The zero-order chi connectivity index (χ0) is 20.1. The van der Waals surface area contributed by atoms with Crippen LogP contribution >= 0.6 is 0 Å². The first kappa shape index (κ1) is 19.7. The molecule has 1 aliphatic rings. The van der Waals surface area contributed by atoms with Crippen molar-refractivity contribution in [1.29, 1.82) is 0 Å². The second kappa shape index (κ2) is 8.78. The van der Waals surface area contributed by atoms with Gasteiger partial charge in [-0.05, 0) is 30.5 Å². The number of ether oxygens (including phenoxy) is 2. The highest BCUT2D eigenvalue weighted by atomic mass is 16.5. The lowest BCUT2D eigenvalue weighted by Gasteiger charge is -2.19. The minimum Gasteiger partial charge on any atom is -0.493 e. The Bertz CT molecular complexity index is 847. The zero-order valence-electron chi connectivity index (χ0n) is 16.2. The van der Waals surface area contributed by atoms with Crippen LogP contribution in [0.3, 0.4) is 0 Å². The fourth-order valence-electron chi connectivity index (χ4n) is 3.33. The fourth-order valence-corrected chi connectivity index (χ4v) is 3.33. The van der Waals surface area contributed by atoms with Gasteiger partial charge in [-0.2, -0.15) is 0 Å². The van der Waals surface area contributed by atoms with Crippen LogP contribution in [0.25, 0.3) is 0 Å². The Morgan fingerprint density at radius 1 is 1.21 bits per heavy atom. The second-order valence-corrected chi connectivity index (χ2v) is 7.05. The van der Waals surface area contributed by atoms with E-state index in [-0.39, 0.29) is 18.9 Å². The number of aryl methyl sites for hydroxylation is 1. The van der Waals surface area contributed by atoms with Gasteiger partial charge in [0.05, 0.1) is 13.0 Å². The number of nitrogens with zero attached hydrogens (tertiary/aromatic N) is 1. The third-order valence-corrected chi connectivity index (χ3v) is 5.00. The molecule has 1 N–H and O–H groups in total. The molecule has 2 aromatic rings. The first-order chi connectivity index (χ1) is 13.5. The first-order valence-corrected chi connectivity index (χ1v) is 9.32. The summed E-state index contributed by atoms with van der Waals surface area (Å²) in [5.41, 5.74) is 3.18. The minimum absolute atomic E-state index is 0.0736. The topological polar surface area (TPSA) is 76.1 Å². The van der Waals surface area contributed by atoms with E-state index in [1.54, 1.807) is 12.0 Å². The SMILES string of the molecule is COc1cccc(CCN2CC(C(=O)O)CC2=O)c1OCc1ccc(C)cc1. The maximum Gasteiger partial charge on any atom is 0.308 e. The van der Waals surface area contributed by atoms with Gasteiger partial charge >= 0.3 is 5.97 Å². The van der Waals surface area contributed by atoms with Crippen LogP contribution in [0, 0.1) is 12.8 Å². The molecule has 6 heteroatoms. The molecule has 148 valence electrons. The number of likely N-dealkylation sites (tertiary alicyclic amines) is 1. The van der Waals surface area contributed by atoms with Crippen LogP contribution in [0.4, 0.5) is 0 Å². The van der Waals surface area contributed by atoms with Crippen LogP contribution in [0.5, 0.6) is 11.5 Å². The number of hydrogen-bond donors (Lipinski definition) is 1. The number of amides is 1. The smallest absolute Gasteiger partial charge is 0.308 e. The second-order valence-electron chi connectivity index (χ2n) is 7.05. The number of carboxylic acid groups (broad SMARTS) is 1. The standard InChI is InChI=1S/C22H25NO5/c1-15-6-8-16(9-7-15)14-28-21-17(4-3-5-19(21)27-2)10-11-23-13-18(22(25)26)12-20(23)24/h3-9,18H,10-14H2,1-2H3,(H,25,26). The van der Waals surface area contributed by atoms with Gasteiger partial charge < -0.3 is 19.5 Å². The number of hydrogen-bond acceptors (Lipinski definition) is 4. The van der Waals surface area contributed by atoms with E-state index in [1.165, 1.54) is 5.56 Å². The van der Waals surface area contributed by atoms with Gasteiger partial charge in [-0.3, -0.25) is 9.59 Å². The van der Waals surface area contributed by atoms with E-state index >= 15 is 0 Å². The van der Waals surface area contributed by atoms with Gasteiger partial charge in [0.1, 0.15) is 6.61 Å². The lowest BCUT2D eigenvalue weighted by atomic mass is 10.1. The van der Waals surface area contributed by atoms with Gasteiger partial charge in [-0.15, -0.1) is 0 Å². The Labute approximate surface area is 164 Å². The molecule has 3 rings (SSSR count). The van der Waals surface area contributed by atoms with Crippen LogP contribution in [0.1, 0.15) is 23.1 Å². The van der Waals surface area contributed by atoms with Crippen molar-refractivity contribution in [3.05, 3.63) is 59.2 Å². The van der Waals surface area contributed by atoms with Crippen LogP contribution in [-0.4, -0.2) is 42.1 Å². The van der Waals surface area contributed by atoms with Crippen molar-refractivity contribution in [1.82, 2.24) is 4.90 Å². The van der Waals surface area contributed by atoms with Crippen molar-refractivity contribution in [2.45, 2.75) is 26.4 Å². The lowest BCUT2D eigenvalue weighted by molar-refractivity contribution is -0.141. The summed E-state index contributed by atoms with van der Waals surface area (Å²) in [4.78, 5) is 24.8. The number of rotatable bonds is 8. The Morgan fingerprint density at radius 2 is 1.96 bits per heavy atom. The Balaban J connectivity index is 1.69. The van der Waals surface area contributed by atoms with Crippen LogP contribution < -0.4 is 9.47 Å². The quantitative estimate of drug-likeness (QED) is 0.758. The molecule has 1 saturated heterocycles. The lowest BCUT2D eigenvalue weighted by Crippen LogP contribution is -2.28. The van der Waals surface area contributed by atoms with Crippen LogP contribution in [0.2, 0.25) is 0 Å². The van der Waals surface area contributed by atoms with Crippen molar-refractivity contribution in [2.75, 3.05) is 20.2 Å².